The molecule has 2 aromatic carbocycles. The van der Waals surface area contributed by atoms with E-state index in [1.165, 1.54) is 0 Å². The molecule has 6 heteroatoms. The van der Waals surface area contributed by atoms with Gasteiger partial charge in [-0.25, -0.2) is 4.79 Å². The summed E-state index contributed by atoms with van der Waals surface area (Å²) in [6.07, 6.45) is 0. The zero-order valence-corrected chi connectivity index (χ0v) is 12.5. The summed E-state index contributed by atoms with van der Waals surface area (Å²) in [6, 6.07) is 13.9. The molecule has 5 N–H and O–H groups in total. The molecule has 0 spiro atoms. The van der Waals surface area contributed by atoms with Gasteiger partial charge in [0.2, 0.25) is 0 Å². The number of hydrogen-bond acceptors (Lipinski definition) is 2. The van der Waals surface area contributed by atoms with Gasteiger partial charge in [-0.3, -0.25) is 4.79 Å². The standard InChI is InChI=1S/C17H16N4O2/c1-10-5-6-11-8-15(21-14(11)7-10)16(22)19-12-3-2-4-13(9-12)20-17(18)23/h2-9,21H,1H3,(H,19,22)(H3,18,20,23). The third kappa shape index (κ3) is 3.32. The number of anilines is 2. The highest BCUT2D eigenvalue weighted by Crippen LogP contribution is 2.19. The quantitative estimate of drug-likeness (QED) is 0.597. The van der Waals surface area contributed by atoms with Gasteiger partial charge >= 0.3 is 6.03 Å². The summed E-state index contributed by atoms with van der Waals surface area (Å²) in [6.45, 7) is 2.00. The van der Waals surface area contributed by atoms with Gasteiger partial charge in [0, 0.05) is 22.3 Å². The minimum absolute atomic E-state index is 0.255. The van der Waals surface area contributed by atoms with Crippen molar-refractivity contribution in [1.29, 1.82) is 0 Å². The fourth-order valence-electron chi connectivity index (χ4n) is 2.38. The van der Waals surface area contributed by atoms with Gasteiger partial charge in [0.1, 0.15) is 5.69 Å². The molecule has 0 radical (unpaired) electrons. The van der Waals surface area contributed by atoms with E-state index in [9.17, 15) is 9.59 Å². The molecule has 3 amide bonds. The number of nitrogens with two attached hydrogens (primary N) is 1. The van der Waals surface area contributed by atoms with E-state index in [0.717, 1.165) is 16.5 Å². The second-order valence-electron chi connectivity index (χ2n) is 5.30. The fourth-order valence-corrected chi connectivity index (χ4v) is 2.38. The molecule has 6 nitrogen and oxygen atoms in total. The number of aromatic amines is 1. The Morgan fingerprint density at radius 1 is 1.00 bits per heavy atom. The van der Waals surface area contributed by atoms with E-state index in [2.05, 4.69) is 15.6 Å². The number of primary amides is 1. The van der Waals surface area contributed by atoms with Crippen LogP contribution in [-0.4, -0.2) is 16.9 Å². The molecule has 0 fully saturated rings. The number of urea groups is 1. The van der Waals surface area contributed by atoms with E-state index in [0.29, 0.717) is 17.1 Å². The SMILES string of the molecule is Cc1ccc2cc(C(=O)Nc3cccc(NC(N)=O)c3)[nH]c2c1. The third-order valence-corrected chi connectivity index (χ3v) is 3.41. The topological polar surface area (TPSA) is 100 Å². The highest BCUT2D eigenvalue weighted by atomic mass is 16.2. The van der Waals surface area contributed by atoms with Gasteiger partial charge in [-0.2, -0.15) is 0 Å². The Bertz CT molecular complexity index is 898. The van der Waals surface area contributed by atoms with Gasteiger partial charge in [-0.05, 0) is 42.8 Å². The van der Waals surface area contributed by atoms with Crippen LogP contribution in [0, 0.1) is 6.92 Å². The zero-order valence-electron chi connectivity index (χ0n) is 12.5. The summed E-state index contributed by atoms with van der Waals surface area (Å²) >= 11 is 0. The third-order valence-electron chi connectivity index (χ3n) is 3.41. The molecular formula is C17H16N4O2. The Balaban J connectivity index is 1.81. The molecule has 116 valence electrons. The number of amides is 3. The molecule has 23 heavy (non-hydrogen) atoms. The first-order chi connectivity index (χ1) is 11.0. The van der Waals surface area contributed by atoms with Crippen LogP contribution in [0.4, 0.5) is 16.2 Å². The number of nitrogens with one attached hydrogen (secondary N) is 3. The molecule has 0 saturated heterocycles. The van der Waals surface area contributed by atoms with Crippen LogP contribution in [0.15, 0.2) is 48.5 Å². The highest BCUT2D eigenvalue weighted by molar-refractivity contribution is 6.06. The summed E-state index contributed by atoms with van der Waals surface area (Å²) in [5, 5.41) is 6.23. The van der Waals surface area contributed by atoms with Crippen LogP contribution in [0.25, 0.3) is 10.9 Å². The maximum atomic E-state index is 12.3. The van der Waals surface area contributed by atoms with Gasteiger partial charge in [-0.15, -0.1) is 0 Å². The average Bonchev–Trinajstić information content (AvgIpc) is 2.90. The first kappa shape index (κ1) is 14.6. The molecular weight excluding hydrogens is 292 g/mol. The van der Waals surface area contributed by atoms with Gasteiger partial charge in [0.25, 0.3) is 5.91 Å². The Morgan fingerprint density at radius 3 is 2.48 bits per heavy atom. The molecule has 0 bridgehead atoms. The van der Waals surface area contributed by atoms with Crippen molar-refractivity contribution < 1.29 is 9.59 Å². The average molecular weight is 308 g/mol. The molecule has 1 aromatic heterocycles. The molecule has 0 saturated carbocycles. The first-order valence-electron chi connectivity index (χ1n) is 7.08. The lowest BCUT2D eigenvalue weighted by Gasteiger charge is -2.06. The summed E-state index contributed by atoms with van der Waals surface area (Å²) in [5.74, 6) is -0.255. The van der Waals surface area contributed by atoms with Gasteiger partial charge in [0.05, 0.1) is 0 Å². The van der Waals surface area contributed by atoms with Crippen molar-refractivity contribution in [3.63, 3.8) is 0 Å². The molecule has 1 heterocycles. The van der Waals surface area contributed by atoms with Gasteiger partial charge in [0.15, 0.2) is 0 Å². The second kappa shape index (κ2) is 5.84. The first-order valence-corrected chi connectivity index (χ1v) is 7.08. The molecule has 0 aliphatic carbocycles. The number of H-pyrrole nitrogens is 1. The number of aromatic nitrogens is 1. The number of carbonyl (C=O) groups excluding carboxylic acids is 2. The van der Waals surface area contributed by atoms with E-state index in [1.54, 1.807) is 30.3 Å². The lowest BCUT2D eigenvalue weighted by Crippen LogP contribution is -2.19. The maximum absolute atomic E-state index is 12.3. The summed E-state index contributed by atoms with van der Waals surface area (Å²) in [4.78, 5) is 26.3. The number of rotatable bonds is 3. The van der Waals surface area contributed by atoms with E-state index < -0.39 is 6.03 Å². The van der Waals surface area contributed by atoms with Crippen molar-refractivity contribution >= 4 is 34.2 Å². The van der Waals surface area contributed by atoms with E-state index in [4.69, 9.17) is 5.73 Å². The zero-order chi connectivity index (χ0) is 16.4. The predicted octanol–water partition coefficient (Wildman–Crippen LogP) is 3.22. The van der Waals surface area contributed by atoms with Crippen molar-refractivity contribution in [3.8, 4) is 0 Å². The van der Waals surface area contributed by atoms with Crippen LogP contribution < -0.4 is 16.4 Å². The van der Waals surface area contributed by atoms with Crippen molar-refractivity contribution in [2.75, 3.05) is 10.6 Å². The van der Waals surface area contributed by atoms with Crippen LogP contribution in [0.3, 0.4) is 0 Å². The van der Waals surface area contributed by atoms with Crippen LogP contribution in [-0.2, 0) is 0 Å². The number of fused-ring (bicyclic) bond motifs is 1. The lowest BCUT2D eigenvalue weighted by molar-refractivity contribution is 0.102. The number of hydrogen-bond donors (Lipinski definition) is 4. The predicted molar refractivity (Wildman–Crippen MR) is 90.6 cm³/mol. The molecule has 3 aromatic rings. The minimum atomic E-state index is -0.653. The minimum Gasteiger partial charge on any atom is -0.351 e. The Kier molecular flexibility index (Phi) is 3.72. The van der Waals surface area contributed by atoms with E-state index in [-0.39, 0.29) is 5.91 Å². The smallest absolute Gasteiger partial charge is 0.316 e. The summed E-state index contributed by atoms with van der Waals surface area (Å²) in [7, 11) is 0. The number of aryl methyl sites for hydroxylation is 1. The maximum Gasteiger partial charge on any atom is 0.316 e. The van der Waals surface area contributed by atoms with Gasteiger partial charge in [-0.1, -0.05) is 18.2 Å². The second-order valence-corrected chi connectivity index (χ2v) is 5.30. The van der Waals surface area contributed by atoms with Gasteiger partial charge < -0.3 is 21.4 Å². The van der Waals surface area contributed by atoms with Crippen LogP contribution in [0.1, 0.15) is 16.1 Å². The summed E-state index contributed by atoms with van der Waals surface area (Å²) < 4.78 is 0. The van der Waals surface area contributed by atoms with E-state index >= 15 is 0 Å². The molecule has 3 rings (SSSR count). The highest BCUT2D eigenvalue weighted by Gasteiger charge is 2.10. The molecule has 0 unspecified atom stereocenters. The van der Waals surface area contributed by atoms with Crippen LogP contribution in [0.2, 0.25) is 0 Å². The molecule has 0 aliphatic heterocycles. The Labute approximate surface area is 132 Å². The molecule has 0 aliphatic rings. The summed E-state index contributed by atoms with van der Waals surface area (Å²) in [5.41, 5.74) is 8.67. The fraction of sp³-hybridized carbons (Fsp3) is 0.0588. The van der Waals surface area contributed by atoms with Crippen molar-refractivity contribution in [2.24, 2.45) is 5.73 Å². The molecule has 0 atom stereocenters. The van der Waals surface area contributed by atoms with Crippen molar-refractivity contribution in [3.05, 3.63) is 59.8 Å². The van der Waals surface area contributed by atoms with Crippen molar-refractivity contribution in [1.82, 2.24) is 4.98 Å². The monoisotopic (exact) mass is 308 g/mol. The number of benzene rings is 2. The van der Waals surface area contributed by atoms with Crippen LogP contribution in [0.5, 0.6) is 0 Å². The Morgan fingerprint density at radius 2 is 1.74 bits per heavy atom. The lowest BCUT2D eigenvalue weighted by atomic mass is 10.2. The Hall–Kier alpha value is -3.28. The van der Waals surface area contributed by atoms with Crippen LogP contribution >= 0.6 is 0 Å². The number of carbonyl (C=O) groups is 2. The van der Waals surface area contributed by atoms with Crippen molar-refractivity contribution in [2.45, 2.75) is 6.92 Å². The largest absolute Gasteiger partial charge is 0.351 e. The van der Waals surface area contributed by atoms with E-state index in [1.807, 2.05) is 25.1 Å². The normalized spacial score (nSPS) is 10.5.